The molecule has 1 amide bonds. The summed E-state index contributed by atoms with van der Waals surface area (Å²) in [4.78, 5) is 14.3. The second-order valence-electron chi connectivity index (χ2n) is 5.59. The molecule has 5 heteroatoms. The van der Waals surface area contributed by atoms with Crippen molar-refractivity contribution in [2.24, 2.45) is 0 Å². The van der Waals surface area contributed by atoms with Gasteiger partial charge in [0, 0.05) is 36.4 Å². The molecule has 0 unspecified atom stereocenters. The maximum absolute atomic E-state index is 12.1. The number of para-hydroxylation sites is 1. The van der Waals surface area contributed by atoms with Gasteiger partial charge in [-0.05, 0) is 36.8 Å². The highest BCUT2D eigenvalue weighted by atomic mass is 35.5. The quantitative estimate of drug-likeness (QED) is 0.743. The van der Waals surface area contributed by atoms with Gasteiger partial charge in [-0.2, -0.15) is 0 Å². The van der Waals surface area contributed by atoms with E-state index in [1.54, 1.807) is 25.3 Å². The smallest absolute Gasteiger partial charge is 0.224 e. The molecule has 128 valence electrons. The van der Waals surface area contributed by atoms with Crippen LogP contribution in [0.4, 0.5) is 5.69 Å². The Morgan fingerprint density at radius 2 is 1.96 bits per heavy atom. The van der Waals surface area contributed by atoms with Gasteiger partial charge in [0.05, 0.1) is 13.5 Å². The van der Waals surface area contributed by atoms with Crippen molar-refractivity contribution in [1.29, 1.82) is 0 Å². The van der Waals surface area contributed by atoms with Gasteiger partial charge in [0.25, 0.3) is 0 Å². The van der Waals surface area contributed by atoms with E-state index in [1.165, 1.54) is 5.69 Å². The molecule has 0 atom stereocenters. The summed E-state index contributed by atoms with van der Waals surface area (Å²) in [6.07, 6.45) is 1.14. The summed E-state index contributed by atoms with van der Waals surface area (Å²) in [6.45, 7) is 1.52. The summed E-state index contributed by atoms with van der Waals surface area (Å²) in [5.74, 6) is 0.649. The van der Waals surface area contributed by atoms with E-state index in [2.05, 4.69) is 22.3 Å². The lowest BCUT2D eigenvalue weighted by atomic mass is 10.1. The van der Waals surface area contributed by atoms with Gasteiger partial charge in [-0.3, -0.25) is 4.79 Å². The normalized spacial score (nSPS) is 10.3. The molecule has 0 saturated carbocycles. The Balaban J connectivity index is 1.75. The minimum Gasteiger partial charge on any atom is -0.496 e. The van der Waals surface area contributed by atoms with Crippen molar-refractivity contribution in [2.45, 2.75) is 12.8 Å². The Morgan fingerprint density at radius 3 is 2.67 bits per heavy atom. The van der Waals surface area contributed by atoms with Crippen molar-refractivity contribution in [3.63, 3.8) is 0 Å². The third-order valence-electron chi connectivity index (χ3n) is 3.78. The molecule has 0 aliphatic rings. The standard InChI is InChI=1S/C19H23ClN2O2/c1-22(17-7-4-3-5-8-17)12-6-11-21-19(23)14-15-13-16(20)9-10-18(15)24-2/h3-5,7-10,13H,6,11-12,14H2,1-2H3,(H,21,23). The highest BCUT2D eigenvalue weighted by molar-refractivity contribution is 6.30. The van der Waals surface area contributed by atoms with Gasteiger partial charge in [-0.25, -0.2) is 0 Å². The lowest BCUT2D eigenvalue weighted by Crippen LogP contribution is -2.29. The number of hydrogen-bond acceptors (Lipinski definition) is 3. The number of nitrogens with one attached hydrogen (secondary N) is 1. The van der Waals surface area contributed by atoms with Gasteiger partial charge in [-0.15, -0.1) is 0 Å². The van der Waals surface area contributed by atoms with Crippen LogP contribution in [0.25, 0.3) is 0 Å². The number of amides is 1. The zero-order chi connectivity index (χ0) is 17.4. The molecule has 0 aliphatic heterocycles. The molecule has 0 fully saturated rings. The predicted octanol–water partition coefficient (Wildman–Crippen LogP) is 3.53. The number of hydrogen-bond donors (Lipinski definition) is 1. The molecule has 1 N–H and O–H groups in total. The van der Waals surface area contributed by atoms with E-state index in [0.29, 0.717) is 17.3 Å². The lowest BCUT2D eigenvalue weighted by Gasteiger charge is -2.19. The van der Waals surface area contributed by atoms with Crippen LogP contribution in [-0.2, 0) is 11.2 Å². The average molecular weight is 347 g/mol. The molecule has 0 spiro atoms. The van der Waals surface area contributed by atoms with Gasteiger partial charge >= 0.3 is 0 Å². The number of nitrogens with zero attached hydrogens (tertiary/aromatic N) is 1. The summed E-state index contributed by atoms with van der Waals surface area (Å²) in [5.41, 5.74) is 1.97. The van der Waals surface area contributed by atoms with Crippen LogP contribution in [-0.4, -0.2) is 33.2 Å². The van der Waals surface area contributed by atoms with E-state index in [1.807, 2.05) is 25.2 Å². The second-order valence-corrected chi connectivity index (χ2v) is 6.03. The van der Waals surface area contributed by atoms with Crippen molar-refractivity contribution in [3.8, 4) is 5.75 Å². The van der Waals surface area contributed by atoms with Gasteiger partial charge in [-0.1, -0.05) is 29.8 Å². The zero-order valence-electron chi connectivity index (χ0n) is 14.1. The van der Waals surface area contributed by atoms with Crippen molar-refractivity contribution in [1.82, 2.24) is 5.32 Å². The molecule has 24 heavy (non-hydrogen) atoms. The molecule has 2 rings (SSSR count). The minimum atomic E-state index is -0.0297. The number of rotatable bonds is 8. The third-order valence-corrected chi connectivity index (χ3v) is 4.02. The first-order valence-corrected chi connectivity index (χ1v) is 8.33. The molecule has 2 aromatic carbocycles. The van der Waals surface area contributed by atoms with E-state index in [9.17, 15) is 4.79 Å². The molecular formula is C19H23ClN2O2. The van der Waals surface area contributed by atoms with Crippen molar-refractivity contribution in [2.75, 3.05) is 32.1 Å². The van der Waals surface area contributed by atoms with Crippen LogP contribution < -0.4 is 15.0 Å². The molecule has 0 saturated heterocycles. The first kappa shape index (κ1) is 18.1. The summed E-state index contributed by atoms with van der Waals surface area (Å²) in [6, 6.07) is 15.5. The van der Waals surface area contributed by atoms with Gasteiger partial charge in [0.15, 0.2) is 0 Å². The average Bonchev–Trinajstić information content (AvgIpc) is 2.59. The fraction of sp³-hybridized carbons (Fsp3) is 0.316. The number of carbonyl (C=O) groups excluding carboxylic acids is 1. The highest BCUT2D eigenvalue weighted by Crippen LogP contribution is 2.23. The molecule has 0 aromatic heterocycles. The van der Waals surface area contributed by atoms with Gasteiger partial charge in [0.2, 0.25) is 5.91 Å². The predicted molar refractivity (Wildman–Crippen MR) is 99.0 cm³/mol. The zero-order valence-corrected chi connectivity index (χ0v) is 14.8. The van der Waals surface area contributed by atoms with E-state index in [4.69, 9.17) is 16.3 Å². The van der Waals surface area contributed by atoms with E-state index >= 15 is 0 Å². The number of anilines is 1. The van der Waals surface area contributed by atoms with Crippen LogP contribution in [0.3, 0.4) is 0 Å². The maximum Gasteiger partial charge on any atom is 0.224 e. The number of halogens is 1. The third kappa shape index (κ3) is 5.46. The topological polar surface area (TPSA) is 41.6 Å². The summed E-state index contributed by atoms with van der Waals surface area (Å²) in [7, 11) is 3.64. The summed E-state index contributed by atoms with van der Waals surface area (Å²) < 4.78 is 5.26. The lowest BCUT2D eigenvalue weighted by molar-refractivity contribution is -0.120. The van der Waals surface area contributed by atoms with Crippen LogP contribution in [0.15, 0.2) is 48.5 Å². The molecule has 4 nitrogen and oxygen atoms in total. The first-order valence-electron chi connectivity index (χ1n) is 7.95. The molecule has 0 bridgehead atoms. The number of benzene rings is 2. The van der Waals surface area contributed by atoms with Crippen LogP contribution in [0.1, 0.15) is 12.0 Å². The van der Waals surface area contributed by atoms with Gasteiger partial charge in [0.1, 0.15) is 5.75 Å². The van der Waals surface area contributed by atoms with E-state index in [-0.39, 0.29) is 12.3 Å². The summed E-state index contributed by atoms with van der Waals surface area (Å²) in [5, 5.41) is 3.54. The Labute approximate surface area is 148 Å². The Hall–Kier alpha value is -2.20. The number of carbonyl (C=O) groups is 1. The second kappa shape index (κ2) is 9.18. The van der Waals surface area contributed by atoms with E-state index in [0.717, 1.165) is 18.5 Å². The maximum atomic E-state index is 12.1. The van der Waals surface area contributed by atoms with Crippen LogP contribution >= 0.6 is 11.6 Å². The Morgan fingerprint density at radius 1 is 1.21 bits per heavy atom. The van der Waals surface area contributed by atoms with E-state index < -0.39 is 0 Å². The molecule has 2 aromatic rings. The Kier molecular flexibility index (Phi) is 6.94. The largest absolute Gasteiger partial charge is 0.496 e. The molecule has 0 heterocycles. The Bertz CT molecular complexity index is 662. The van der Waals surface area contributed by atoms with Crippen LogP contribution in [0.2, 0.25) is 5.02 Å². The molecule has 0 radical (unpaired) electrons. The van der Waals surface area contributed by atoms with Crippen molar-refractivity contribution < 1.29 is 9.53 Å². The van der Waals surface area contributed by atoms with Crippen LogP contribution in [0.5, 0.6) is 5.75 Å². The van der Waals surface area contributed by atoms with Crippen molar-refractivity contribution >= 4 is 23.2 Å². The minimum absolute atomic E-state index is 0.0297. The first-order chi connectivity index (χ1) is 11.6. The monoisotopic (exact) mass is 346 g/mol. The summed E-state index contributed by atoms with van der Waals surface area (Å²) >= 11 is 5.98. The number of ether oxygens (including phenoxy) is 1. The number of methoxy groups -OCH3 is 1. The van der Waals surface area contributed by atoms with Crippen molar-refractivity contribution in [3.05, 3.63) is 59.1 Å². The molecule has 0 aliphatic carbocycles. The van der Waals surface area contributed by atoms with Crippen LogP contribution in [0, 0.1) is 0 Å². The van der Waals surface area contributed by atoms with Gasteiger partial charge < -0.3 is 15.0 Å². The SMILES string of the molecule is COc1ccc(Cl)cc1CC(=O)NCCCN(C)c1ccccc1. The molecular weight excluding hydrogens is 324 g/mol. The fourth-order valence-corrected chi connectivity index (χ4v) is 2.67. The fourth-order valence-electron chi connectivity index (χ4n) is 2.48. The highest BCUT2D eigenvalue weighted by Gasteiger charge is 2.09.